The topological polar surface area (TPSA) is 19.0 Å². The molecule has 0 spiro atoms. The van der Waals surface area contributed by atoms with Gasteiger partial charge in [-0.3, -0.25) is 0 Å². The highest BCUT2D eigenvalue weighted by atomic mass is 32.1. The van der Waals surface area contributed by atoms with Crippen molar-refractivity contribution in [1.29, 1.82) is 0 Å². The molecule has 12 rings (SSSR count). The van der Waals surface area contributed by atoms with Crippen molar-refractivity contribution in [3.63, 3.8) is 0 Å². The first kappa shape index (κ1) is 40.8. The number of allylic oxidation sites excluding steroid dienone is 4. The molecule has 0 fully saturated rings. The Kier molecular flexibility index (Phi) is 9.92. The van der Waals surface area contributed by atoms with Crippen LogP contribution in [0.15, 0.2) is 212 Å². The Morgan fingerprint density at radius 1 is 0.537 bits per heavy atom. The first-order valence-corrected chi connectivity index (χ1v) is 24.3. The van der Waals surface area contributed by atoms with Gasteiger partial charge in [0.15, 0.2) is 0 Å². The van der Waals surface area contributed by atoms with E-state index < -0.39 is 0 Å². The van der Waals surface area contributed by atoms with Gasteiger partial charge in [-0.1, -0.05) is 185 Å². The van der Waals surface area contributed by atoms with Crippen LogP contribution < -0.4 is 4.90 Å². The van der Waals surface area contributed by atoms with Crippen LogP contribution in [-0.4, -0.2) is 4.98 Å². The fourth-order valence-electron chi connectivity index (χ4n) is 11.0. The van der Waals surface area contributed by atoms with Gasteiger partial charge in [0.1, 0.15) is 0 Å². The van der Waals surface area contributed by atoms with E-state index in [9.17, 15) is 0 Å². The lowest BCUT2D eigenvalue weighted by Gasteiger charge is -2.27. The zero-order valence-electron chi connectivity index (χ0n) is 38.3. The van der Waals surface area contributed by atoms with Crippen LogP contribution in [-0.2, 0) is 5.41 Å². The highest BCUT2D eigenvalue weighted by Gasteiger charge is 2.37. The van der Waals surface area contributed by atoms with Crippen LogP contribution in [0.25, 0.3) is 92.1 Å². The minimum absolute atomic E-state index is 0.0931. The SMILES string of the molecule is C/C=C\C(=C/CC)c1cccc2c1[nH]c1cccc(-c3ccc4c(c3)sc3cc(N(c5ccc(-c6ccccc6)cc5)c5ccc(-c6cccc7c6C(C)(C)c6ccccc6-7)cc5)ccc34)c12. The predicted octanol–water partition coefficient (Wildman–Crippen LogP) is 18.8. The molecule has 0 radical (unpaired) electrons. The molecular formula is C64H50N2S. The summed E-state index contributed by atoms with van der Waals surface area (Å²) in [6.07, 6.45) is 7.65. The third kappa shape index (κ3) is 6.76. The highest BCUT2D eigenvalue weighted by molar-refractivity contribution is 7.25. The molecule has 0 aliphatic heterocycles. The molecule has 1 aliphatic carbocycles. The molecule has 67 heavy (non-hydrogen) atoms. The van der Waals surface area contributed by atoms with Gasteiger partial charge in [-0.2, -0.15) is 0 Å². The molecule has 322 valence electrons. The normalized spacial score (nSPS) is 13.3. The monoisotopic (exact) mass is 878 g/mol. The smallest absolute Gasteiger partial charge is 0.0544 e. The summed E-state index contributed by atoms with van der Waals surface area (Å²) in [5, 5.41) is 5.08. The molecule has 0 amide bonds. The maximum atomic E-state index is 3.82. The minimum Gasteiger partial charge on any atom is -0.354 e. The number of nitrogens with one attached hydrogen (secondary N) is 1. The molecule has 9 aromatic carbocycles. The number of nitrogens with zero attached hydrogens (tertiary/aromatic N) is 1. The quantitative estimate of drug-likeness (QED) is 0.143. The summed E-state index contributed by atoms with van der Waals surface area (Å²) in [6.45, 7) is 9.03. The van der Waals surface area contributed by atoms with Crippen LogP contribution in [0.5, 0.6) is 0 Å². The van der Waals surface area contributed by atoms with Crippen molar-refractivity contribution in [2.45, 2.75) is 39.5 Å². The number of H-pyrrole nitrogens is 1. The first-order chi connectivity index (χ1) is 32.9. The summed E-state index contributed by atoms with van der Waals surface area (Å²) in [6, 6.07) is 72.0. The summed E-state index contributed by atoms with van der Waals surface area (Å²) >= 11 is 1.88. The van der Waals surface area contributed by atoms with Crippen LogP contribution in [0.3, 0.4) is 0 Å². The molecule has 2 heterocycles. The molecule has 11 aromatic rings. The second-order valence-electron chi connectivity index (χ2n) is 18.3. The maximum absolute atomic E-state index is 3.82. The van der Waals surface area contributed by atoms with Crippen LogP contribution in [0.2, 0.25) is 0 Å². The summed E-state index contributed by atoms with van der Waals surface area (Å²) in [7, 11) is 0. The minimum atomic E-state index is -0.0931. The van der Waals surface area contributed by atoms with E-state index in [0.717, 1.165) is 29.0 Å². The summed E-state index contributed by atoms with van der Waals surface area (Å²) in [5.74, 6) is 0. The van der Waals surface area contributed by atoms with E-state index in [4.69, 9.17) is 0 Å². The zero-order chi connectivity index (χ0) is 45.2. The van der Waals surface area contributed by atoms with Crippen molar-refractivity contribution in [2.75, 3.05) is 4.90 Å². The van der Waals surface area contributed by atoms with E-state index in [1.165, 1.54) is 103 Å². The van der Waals surface area contributed by atoms with Gasteiger partial charge in [0.2, 0.25) is 0 Å². The fraction of sp³-hybridized carbons (Fsp3) is 0.0938. The van der Waals surface area contributed by atoms with Crippen LogP contribution in [0, 0.1) is 0 Å². The highest BCUT2D eigenvalue weighted by Crippen LogP contribution is 2.52. The Bertz CT molecular complexity index is 3750. The first-order valence-electron chi connectivity index (χ1n) is 23.5. The van der Waals surface area contributed by atoms with Crippen molar-refractivity contribution >= 4 is 76.0 Å². The standard InChI is InChI=1S/C64H50N2S/c1-5-15-43(16-6-2)51-22-13-24-56-61-49(20-14-26-58(61)65-63(51)56)45-31-37-53-54-38-36-48(40-60(54)67-59(53)39-45)66(46-32-27-42(28-33-46)41-17-8-7-9-18-41)47-34-29-44(30-35-47)50-21-12-23-55-52-19-10-11-25-57(52)64(3,4)62(50)55/h5,7-40,65H,6H2,1-4H3/b15-5-,43-16+. The number of hydrogen-bond donors (Lipinski definition) is 1. The average molecular weight is 879 g/mol. The van der Waals surface area contributed by atoms with Crippen molar-refractivity contribution in [3.05, 3.63) is 229 Å². The van der Waals surface area contributed by atoms with Crippen LogP contribution in [0.4, 0.5) is 17.1 Å². The molecule has 0 saturated heterocycles. The Morgan fingerprint density at radius 3 is 1.93 bits per heavy atom. The van der Waals surface area contributed by atoms with Gasteiger partial charge in [-0.05, 0) is 123 Å². The van der Waals surface area contributed by atoms with Gasteiger partial charge in [-0.25, -0.2) is 0 Å². The van der Waals surface area contributed by atoms with Crippen molar-refractivity contribution < 1.29 is 0 Å². The number of aromatic amines is 1. The van der Waals surface area contributed by atoms with Gasteiger partial charge in [-0.15, -0.1) is 11.3 Å². The molecule has 2 nitrogen and oxygen atoms in total. The summed E-state index contributed by atoms with van der Waals surface area (Å²) < 4.78 is 2.55. The van der Waals surface area contributed by atoms with Crippen molar-refractivity contribution in [3.8, 4) is 44.5 Å². The maximum Gasteiger partial charge on any atom is 0.0544 e. The van der Waals surface area contributed by atoms with Gasteiger partial charge < -0.3 is 9.88 Å². The number of benzene rings is 9. The summed E-state index contributed by atoms with van der Waals surface area (Å²) in [4.78, 5) is 6.23. The molecule has 2 aromatic heterocycles. The van der Waals surface area contributed by atoms with E-state index in [2.05, 4.69) is 250 Å². The van der Waals surface area contributed by atoms with Crippen LogP contribution >= 0.6 is 11.3 Å². The zero-order valence-corrected chi connectivity index (χ0v) is 39.1. The fourth-order valence-corrected chi connectivity index (χ4v) is 12.1. The van der Waals surface area contributed by atoms with E-state index >= 15 is 0 Å². The molecule has 0 unspecified atom stereocenters. The van der Waals surface area contributed by atoms with E-state index in [1.807, 2.05) is 11.3 Å². The lowest BCUT2D eigenvalue weighted by molar-refractivity contribution is 0.662. The number of thiophene rings is 1. The predicted molar refractivity (Wildman–Crippen MR) is 290 cm³/mol. The Hall–Kier alpha value is -7.72. The van der Waals surface area contributed by atoms with Gasteiger partial charge in [0.25, 0.3) is 0 Å². The van der Waals surface area contributed by atoms with Crippen LogP contribution in [0.1, 0.15) is 50.8 Å². The number of fused-ring (bicyclic) bond motifs is 9. The molecule has 0 saturated carbocycles. The Morgan fingerprint density at radius 2 is 1.15 bits per heavy atom. The number of rotatable bonds is 9. The van der Waals surface area contributed by atoms with Gasteiger partial charge in [0, 0.05) is 64.5 Å². The van der Waals surface area contributed by atoms with E-state index in [1.54, 1.807) is 0 Å². The summed E-state index contributed by atoms with van der Waals surface area (Å²) in [5.41, 5.74) is 21.0. The molecule has 1 N–H and O–H groups in total. The second-order valence-corrected chi connectivity index (χ2v) is 19.4. The lowest BCUT2D eigenvalue weighted by atomic mass is 9.79. The number of para-hydroxylation sites is 1. The van der Waals surface area contributed by atoms with Gasteiger partial charge >= 0.3 is 0 Å². The van der Waals surface area contributed by atoms with Gasteiger partial charge in [0.05, 0.1) is 5.52 Å². The molecule has 1 aliphatic rings. The number of anilines is 3. The van der Waals surface area contributed by atoms with Crippen molar-refractivity contribution in [2.24, 2.45) is 0 Å². The molecule has 0 bridgehead atoms. The lowest BCUT2D eigenvalue weighted by Crippen LogP contribution is -2.16. The molecular weight excluding hydrogens is 829 g/mol. The van der Waals surface area contributed by atoms with E-state index in [-0.39, 0.29) is 5.41 Å². The third-order valence-corrected chi connectivity index (χ3v) is 15.1. The Balaban J connectivity index is 0.949. The number of hydrogen-bond acceptors (Lipinski definition) is 2. The van der Waals surface area contributed by atoms with Crippen molar-refractivity contribution in [1.82, 2.24) is 4.98 Å². The second kappa shape index (κ2) is 16.3. The Labute approximate surface area is 396 Å². The number of aromatic nitrogens is 1. The third-order valence-electron chi connectivity index (χ3n) is 14.0. The average Bonchev–Trinajstić information content (AvgIpc) is 4.02. The van der Waals surface area contributed by atoms with E-state index in [0.29, 0.717) is 0 Å². The molecule has 3 heteroatoms. The largest absolute Gasteiger partial charge is 0.354 e. The molecule has 0 atom stereocenters.